The third-order valence-electron chi connectivity index (χ3n) is 6.29. The van der Waals surface area contributed by atoms with E-state index in [1.807, 2.05) is 18.2 Å². The van der Waals surface area contributed by atoms with E-state index in [1.165, 1.54) is 22.5 Å². The minimum absolute atomic E-state index is 0.0140. The van der Waals surface area contributed by atoms with Crippen LogP contribution in [-0.4, -0.2) is 36.1 Å². The second-order valence-electron chi connectivity index (χ2n) is 8.71. The van der Waals surface area contributed by atoms with Gasteiger partial charge < -0.3 is 14.4 Å². The molecular weight excluding hydrogens is 506 g/mol. The number of likely N-dealkylation sites (N-methyl/N-ethyl adjacent to an activating group) is 1. The number of aromatic nitrogens is 1. The highest BCUT2D eigenvalue weighted by Gasteiger charge is 2.36. The van der Waals surface area contributed by atoms with Crippen molar-refractivity contribution in [1.82, 2.24) is 4.57 Å². The SMILES string of the molecule is C=CCOC(=O)C1=C(C)N=c2s/c(=C3\C(=O)N(C)c4ccccc43)c(=O)n2[C@H]1c1ccc(OC(C)=O)cc1. The molecule has 0 fully saturated rings. The average molecular weight is 530 g/mol. The molecule has 0 saturated heterocycles. The summed E-state index contributed by atoms with van der Waals surface area (Å²) in [5.74, 6) is -1.08. The number of benzene rings is 2. The van der Waals surface area contributed by atoms with Crippen LogP contribution in [0, 0.1) is 0 Å². The number of rotatable bonds is 5. The number of anilines is 1. The lowest BCUT2D eigenvalue weighted by atomic mass is 9.96. The van der Waals surface area contributed by atoms with Gasteiger partial charge >= 0.3 is 11.9 Å². The molecule has 0 saturated carbocycles. The van der Waals surface area contributed by atoms with Crippen LogP contribution in [-0.2, 0) is 19.1 Å². The number of ether oxygens (including phenoxy) is 2. The summed E-state index contributed by atoms with van der Waals surface area (Å²) >= 11 is 1.10. The van der Waals surface area contributed by atoms with Crippen LogP contribution in [0.5, 0.6) is 5.75 Å². The fraction of sp³-hybridized carbons (Fsp3) is 0.179. The minimum atomic E-state index is -0.881. The second-order valence-corrected chi connectivity index (χ2v) is 9.69. The van der Waals surface area contributed by atoms with Crippen LogP contribution < -0.4 is 24.5 Å². The van der Waals surface area contributed by atoms with Crippen molar-refractivity contribution in [3.8, 4) is 5.75 Å². The van der Waals surface area contributed by atoms with Gasteiger partial charge in [-0.25, -0.2) is 9.79 Å². The highest BCUT2D eigenvalue weighted by molar-refractivity contribution is 7.07. The lowest BCUT2D eigenvalue weighted by Crippen LogP contribution is -2.40. The van der Waals surface area contributed by atoms with E-state index in [-0.39, 0.29) is 22.6 Å². The molecule has 192 valence electrons. The van der Waals surface area contributed by atoms with E-state index in [9.17, 15) is 19.2 Å². The van der Waals surface area contributed by atoms with Crippen molar-refractivity contribution in [3.63, 3.8) is 0 Å². The predicted octanol–water partition coefficient (Wildman–Crippen LogP) is 2.24. The van der Waals surface area contributed by atoms with Crippen LogP contribution >= 0.6 is 11.3 Å². The van der Waals surface area contributed by atoms with Gasteiger partial charge in [0.2, 0.25) is 0 Å². The normalized spacial score (nSPS) is 17.5. The monoisotopic (exact) mass is 529 g/mol. The fourth-order valence-corrected chi connectivity index (χ4v) is 5.77. The van der Waals surface area contributed by atoms with E-state index in [2.05, 4.69) is 11.6 Å². The van der Waals surface area contributed by atoms with Crippen molar-refractivity contribution < 1.29 is 23.9 Å². The Kier molecular flexibility index (Phi) is 6.41. The molecule has 1 amide bonds. The van der Waals surface area contributed by atoms with Gasteiger partial charge in [0.15, 0.2) is 4.80 Å². The maximum absolute atomic E-state index is 14.0. The largest absolute Gasteiger partial charge is 0.458 e. The van der Waals surface area contributed by atoms with E-state index < -0.39 is 23.5 Å². The molecule has 2 aliphatic heterocycles. The molecule has 10 heteroatoms. The van der Waals surface area contributed by atoms with Gasteiger partial charge in [-0.2, -0.15) is 0 Å². The Hall–Kier alpha value is -4.57. The minimum Gasteiger partial charge on any atom is -0.458 e. The molecule has 1 atom stereocenters. The van der Waals surface area contributed by atoms with Crippen LogP contribution in [0.3, 0.4) is 0 Å². The quantitative estimate of drug-likeness (QED) is 0.285. The lowest BCUT2D eigenvalue weighted by molar-refractivity contribution is -0.138. The van der Waals surface area contributed by atoms with Gasteiger partial charge in [-0.15, -0.1) is 0 Å². The molecule has 1 aromatic heterocycles. The molecule has 9 nitrogen and oxygen atoms in total. The van der Waals surface area contributed by atoms with Gasteiger partial charge in [0.25, 0.3) is 11.5 Å². The van der Waals surface area contributed by atoms with E-state index >= 15 is 0 Å². The highest BCUT2D eigenvalue weighted by Crippen LogP contribution is 2.35. The lowest BCUT2D eigenvalue weighted by Gasteiger charge is -2.24. The third kappa shape index (κ3) is 4.08. The standard InChI is InChI=1S/C28H23N3O6S/c1-5-14-36-27(35)21-15(2)29-28-31(23(21)17-10-12-18(13-11-17)37-16(3)32)26(34)24(38-28)22-19-8-6-7-9-20(19)30(4)25(22)33/h5-13,23H,1,14H2,2-4H3/b24-22-/t23-/m0/s1. The molecule has 0 aliphatic carbocycles. The van der Waals surface area contributed by atoms with E-state index in [4.69, 9.17) is 9.47 Å². The summed E-state index contributed by atoms with van der Waals surface area (Å²) in [7, 11) is 1.66. The molecule has 3 aromatic rings. The Morgan fingerprint density at radius 2 is 1.84 bits per heavy atom. The third-order valence-corrected chi connectivity index (χ3v) is 7.34. The van der Waals surface area contributed by atoms with Crippen LogP contribution in [0.1, 0.15) is 31.0 Å². The molecule has 38 heavy (non-hydrogen) atoms. The number of esters is 2. The van der Waals surface area contributed by atoms with Crippen LogP contribution in [0.25, 0.3) is 5.57 Å². The van der Waals surface area contributed by atoms with E-state index in [0.717, 1.165) is 11.3 Å². The summed E-state index contributed by atoms with van der Waals surface area (Å²) in [5.41, 5.74) is 2.38. The maximum atomic E-state index is 14.0. The molecule has 0 N–H and O–H groups in total. The first-order valence-electron chi connectivity index (χ1n) is 11.7. The van der Waals surface area contributed by atoms with Crippen LogP contribution in [0.4, 0.5) is 5.69 Å². The molecule has 2 aliphatic rings. The number of fused-ring (bicyclic) bond motifs is 2. The first kappa shape index (κ1) is 25.1. The molecular formula is C28H23N3O6S. The first-order valence-corrected chi connectivity index (χ1v) is 12.5. The molecule has 0 unspecified atom stereocenters. The average Bonchev–Trinajstić information content (AvgIpc) is 3.34. The molecule has 0 radical (unpaired) electrons. The number of carbonyl (C=O) groups excluding carboxylic acids is 3. The fourth-order valence-electron chi connectivity index (χ4n) is 4.63. The summed E-state index contributed by atoms with van der Waals surface area (Å²) in [4.78, 5) is 58.2. The van der Waals surface area contributed by atoms with Gasteiger partial charge in [0, 0.05) is 19.5 Å². The maximum Gasteiger partial charge on any atom is 0.338 e. The van der Waals surface area contributed by atoms with Crippen molar-refractivity contribution in [1.29, 1.82) is 0 Å². The number of nitrogens with zero attached hydrogens (tertiary/aromatic N) is 3. The molecule has 0 bridgehead atoms. The molecule has 2 aromatic carbocycles. The zero-order chi connectivity index (χ0) is 27.1. The number of hydrogen-bond acceptors (Lipinski definition) is 8. The summed E-state index contributed by atoms with van der Waals surface area (Å²) < 4.78 is 12.1. The zero-order valence-corrected chi connectivity index (χ0v) is 21.7. The summed E-state index contributed by atoms with van der Waals surface area (Å²) in [6.07, 6.45) is 1.45. The van der Waals surface area contributed by atoms with E-state index in [0.29, 0.717) is 38.6 Å². The number of amides is 1. The Bertz CT molecular complexity index is 1730. The predicted molar refractivity (Wildman–Crippen MR) is 141 cm³/mol. The highest BCUT2D eigenvalue weighted by atomic mass is 32.1. The van der Waals surface area contributed by atoms with Gasteiger partial charge in [-0.1, -0.05) is 54.3 Å². The van der Waals surface area contributed by atoms with Crippen molar-refractivity contribution in [3.05, 3.63) is 103 Å². The Balaban J connectivity index is 1.76. The molecule has 3 heterocycles. The Morgan fingerprint density at radius 3 is 2.53 bits per heavy atom. The number of hydrogen-bond donors (Lipinski definition) is 0. The zero-order valence-electron chi connectivity index (χ0n) is 20.9. The van der Waals surface area contributed by atoms with E-state index in [1.54, 1.807) is 44.3 Å². The number of para-hydroxylation sites is 1. The van der Waals surface area contributed by atoms with Gasteiger partial charge in [0.1, 0.15) is 16.9 Å². The van der Waals surface area contributed by atoms with Gasteiger partial charge in [0.05, 0.1) is 28.6 Å². The second kappa shape index (κ2) is 9.71. The first-order chi connectivity index (χ1) is 18.2. The van der Waals surface area contributed by atoms with Gasteiger partial charge in [-0.05, 0) is 30.7 Å². The molecule has 5 rings (SSSR count). The summed E-state index contributed by atoms with van der Waals surface area (Å²) in [6, 6.07) is 12.9. The van der Waals surface area contributed by atoms with Crippen LogP contribution in [0.2, 0.25) is 0 Å². The van der Waals surface area contributed by atoms with Crippen molar-refractivity contribution in [2.24, 2.45) is 4.99 Å². The van der Waals surface area contributed by atoms with Crippen molar-refractivity contribution >= 4 is 40.4 Å². The number of carbonyl (C=O) groups is 3. The van der Waals surface area contributed by atoms with Crippen molar-refractivity contribution in [2.45, 2.75) is 19.9 Å². The molecule has 0 spiro atoms. The summed E-state index contributed by atoms with van der Waals surface area (Å²) in [6.45, 7) is 6.55. The Labute approximate surface area is 221 Å². The number of thiazole rings is 1. The summed E-state index contributed by atoms with van der Waals surface area (Å²) in [5, 5.41) is 0. The van der Waals surface area contributed by atoms with Gasteiger partial charge in [-0.3, -0.25) is 19.0 Å². The van der Waals surface area contributed by atoms with Crippen LogP contribution in [0.15, 0.2) is 82.2 Å². The topological polar surface area (TPSA) is 107 Å². The smallest absolute Gasteiger partial charge is 0.338 e. The Morgan fingerprint density at radius 1 is 1.13 bits per heavy atom. The van der Waals surface area contributed by atoms with Crippen molar-refractivity contribution in [2.75, 3.05) is 18.6 Å². The number of allylic oxidation sites excluding steroid dienone is 1.